The van der Waals surface area contributed by atoms with Gasteiger partial charge < -0.3 is 45.3 Å². The zero-order valence-electron chi connectivity index (χ0n) is 66.1. The summed E-state index contributed by atoms with van der Waals surface area (Å²) in [4.78, 5) is 89.7. The molecule has 4 heterocycles. The van der Waals surface area contributed by atoms with Gasteiger partial charge in [0.2, 0.25) is 23.6 Å². The van der Waals surface area contributed by atoms with E-state index in [0.717, 1.165) is 137 Å². The van der Waals surface area contributed by atoms with Crippen LogP contribution in [0.5, 0.6) is 23.0 Å². The maximum Gasteiger partial charge on any atom is 0.373 e. The standard InChI is InChI=1S/C22H18ClNO2.C21H25NO2.C16H14BrNO2.C12H15BrO2.C9H9NO2.C6H5Cl.CH3F.2CO2.CH4.H2O2/c23-18-9-6-16(7-10-18)19-12-17-8-11-22(25)24-20(17)13-21(19)26-14-15-4-2-1-3-5-15;1-21(2,3)13-15-4-6-16(7-5-15)14-24-18-10-8-17-9-11-20(23)22-19(17)12-18;17-13-8-12-6-7-16(19)18-14(12)9-15(13)20-10-11-4-2-1-3-5-11;1-12(2,3)15-11(14)10-6-4-9(8-13)5-7-10;11-7-3-1-6-2-4-9(12)10-8(6)5-7;7-6-4-2-1-3-5-6;1-2;2*2-1-3;;1-2/h1-7,9-10,12-13H,8,11,14H2,(H,24,25);4-8,10,12H,9,11,13-14H2,1-3H3,(H,22,23);1-5,8-9H,6-7,10H2,(H,18,19);4-7H,8H2,1-3H3;1,3,5,11H,2,4H2,(H,10,12);1-5H;1H3;;;1H4;1-2H/i;;;;;;;;;1D;. The van der Waals surface area contributed by atoms with Gasteiger partial charge in [0, 0.05) is 95.0 Å². The Kier molecular flexibility index (Phi) is 41.8. The van der Waals surface area contributed by atoms with E-state index in [0.29, 0.717) is 68.7 Å². The van der Waals surface area contributed by atoms with E-state index in [1.54, 1.807) is 24.3 Å². The number of ether oxygens (including phenoxy) is 4. The van der Waals surface area contributed by atoms with Crippen LogP contribution >= 0.6 is 55.1 Å². The molecule has 4 amide bonds. The first kappa shape index (κ1) is 94.5. The zero-order valence-corrected chi connectivity index (χ0v) is 69.8. The van der Waals surface area contributed by atoms with E-state index in [-0.39, 0.29) is 47.7 Å². The molecule has 0 radical (unpaired) electrons. The Morgan fingerprint density at radius 1 is 0.470 bits per heavy atom. The molecule has 10 aromatic rings. The zero-order chi connectivity index (χ0) is 85.6. The number of hydrogen-bond acceptors (Lipinski definition) is 16. The Labute approximate surface area is 698 Å². The lowest BCUT2D eigenvalue weighted by Gasteiger charge is -2.21. The van der Waals surface area contributed by atoms with Crippen molar-refractivity contribution in [1.82, 2.24) is 0 Å². The number of carbonyl (C=O) groups excluding carboxylic acids is 9. The number of aromatic hydroxyl groups is 1. The first-order chi connectivity index (χ1) is 55.7. The second-order valence-electron chi connectivity index (χ2n) is 27.5. The molecule has 0 aliphatic carbocycles. The van der Waals surface area contributed by atoms with Crippen LogP contribution in [0.4, 0.5) is 27.1 Å². The number of halogens is 5. The van der Waals surface area contributed by atoms with Crippen molar-refractivity contribution in [2.75, 3.05) is 28.4 Å². The number of benzene rings is 10. The van der Waals surface area contributed by atoms with E-state index in [4.69, 9.17) is 78.3 Å². The van der Waals surface area contributed by atoms with Crippen molar-refractivity contribution < 1.29 is 83.5 Å². The summed E-state index contributed by atoms with van der Waals surface area (Å²) in [5.41, 5.74) is 16.2. The van der Waals surface area contributed by atoms with Gasteiger partial charge >= 0.3 is 18.3 Å². The van der Waals surface area contributed by atoms with Gasteiger partial charge in [-0.3, -0.25) is 34.1 Å². The number of esters is 1. The van der Waals surface area contributed by atoms with E-state index in [1.807, 2.05) is 191 Å². The summed E-state index contributed by atoms with van der Waals surface area (Å²) in [5, 5.41) is 34.9. The van der Waals surface area contributed by atoms with Gasteiger partial charge in [-0.2, -0.15) is 19.2 Å². The van der Waals surface area contributed by atoms with Gasteiger partial charge in [-0.25, -0.2) is 4.79 Å². The smallest absolute Gasteiger partial charge is 0.373 e. The van der Waals surface area contributed by atoms with Gasteiger partial charge in [0.1, 0.15) is 48.4 Å². The lowest BCUT2D eigenvalue weighted by atomic mass is 9.88. The summed E-state index contributed by atoms with van der Waals surface area (Å²) < 4.78 is 39.3. The summed E-state index contributed by atoms with van der Waals surface area (Å²) in [6, 6.07) is 72.1. The number of amides is 4. The van der Waals surface area contributed by atoms with Gasteiger partial charge in [-0.15, -0.1) is 0 Å². The molecule has 115 heavy (non-hydrogen) atoms. The van der Waals surface area contributed by atoms with E-state index >= 15 is 0 Å². The van der Waals surface area contributed by atoms with E-state index in [2.05, 4.69) is 104 Å². The molecule has 0 bridgehead atoms. The molecule has 0 fully saturated rings. The third-order valence-electron chi connectivity index (χ3n) is 16.4. The Balaban J connectivity index is 0.000000294. The Morgan fingerprint density at radius 2 is 0.852 bits per heavy atom. The van der Waals surface area contributed by atoms with Crippen LogP contribution in [0.1, 0.15) is 136 Å². The number of anilines is 4. The molecule has 25 heteroatoms. The molecule has 4 aliphatic rings. The predicted octanol–water partition coefficient (Wildman–Crippen LogP) is 21.3. The summed E-state index contributed by atoms with van der Waals surface area (Å²) in [6.45, 7) is 13.8. The number of rotatable bonds is 13. The van der Waals surface area contributed by atoms with Crippen molar-refractivity contribution in [3.8, 4) is 34.1 Å². The fourth-order valence-electron chi connectivity index (χ4n) is 11.2. The first-order valence-electron chi connectivity index (χ1n) is 36.8. The van der Waals surface area contributed by atoms with Crippen molar-refractivity contribution in [2.45, 2.75) is 137 Å². The van der Waals surface area contributed by atoms with E-state index in [9.17, 15) is 28.4 Å². The maximum absolute atomic E-state index is 11.7. The number of fused-ring (bicyclic) bond motifs is 4. The predicted molar refractivity (Wildman–Crippen MR) is 454 cm³/mol. The van der Waals surface area contributed by atoms with Gasteiger partial charge in [0.25, 0.3) is 0 Å². The molecule has 0 atom stereocenters. The second kappa shape index (κ2) is 50.9. The summed E-state index contributed by atoms with van der Waals surface area (Å²) >= 11 is 18.5. The molecule has 0 unspecified atom stereocenters. The topological polar surface area (TPSA) is 299 Å². The number of alkyl halides is 2. The number of hydrogen-bond donors (Lipinski definition) is 7. The highest BCUT2D eigenvalue weighted by Gasteiger charge is 2.23. The number of carbonyl (C=O) groups is 5. The monoisotopic (exact) mass is 1740 g/mol. The quantitative estimate of drug-likeness (QED) is 0.0244. The Hall–Kier alpha value is -11.1. The molecule has 606 valence electrons. The largest absolute Gasteiger partial charge is 0.508 e. The highest BCUT2D eigenvalue weighted by molar-refractivity contribution is 9.10. The molecule has 20 nitrogen and oxygen atoms in total. The van der Waals surface area contributed by atoms with Crippen molar-refractivity contribution in [3.05, 3.63) is 295 Å². The fraction of sp³-hybridized carbons (Fsp3) is 0.256. The molecule has 0 saturated carbocycles. The highest BCUT2D eigenvalue weighted by Crippen LogP contribution is 2.39. The lowest BCUT2D eigenvalue weighted by Crippen LogP contribution is -2.23. The molecule has 0 aromatic heterocycles. The van der Waals surface area contributed by atoms with Crippen LogP contribution in [0.25, 0.3) is 11.1 Å². The van der Waals surface area contributed by atoms with Crippen LogP contribution in [0, 0.1) is 5.41 Å². The van der Waals surface area contributed by atoms with E-state index in [1.165, 1.54) is 18.5 Å². The molecular formula is C90H95Br2Cl2FN4O16. The van der Waals surface area contributed by atoms with Crippen molar-refractivity contribution in [1.29, 1.82) is 0 Å². The molecular weight excluding hydrogens is 1640 g/mol. The summed E-state index contributed by atoms with van der Waals surface area (Å²) in [5.74, 6) is 2.41. The third kappa shape index (κ3) is 35.5. The Morgan fingerprint density at radius 3 is 1.30 bits per heavy atom. The van der Waals surface area contributed by atoms with Crippen molar-refractivity contribution in [2.24, 2.45) is 5.41 Å². The minimum atomic E-state index is -0.439. The average molecular weight is 1740 g/mol. The first-order valence-corrected chi connectivity index (χ1v) is 38.5. The SMILES string of the molecule is CC(C)(C)Cc1ccc(COc2ccc3c(c2)NC(=O)CC3)cc1.CC(C)(C)OC(=O)c1ccc(CBr)cc1.CF.Clc1ccccc1.O=C1CCc2cc(-c3ccc(Cl)cc3)c(OCc3ccccc3)cc2N1.O=C1CCc2cc(Br)c(OCc3ccccc3)cc2N1.O=C1CCc2ccc(O)cc2N1.O=C=O.O=C=O.OO.[2H]C. The van der Waals surface area contributed by atoms with Crippen LogP contribution in [0.15, 0.2) is 229 Å². The number of aryl methyl sites for hydroxylation is 4. The molecule has 0 spiro atoms. The molecule has 14 rings (SSSR count). The molecule has 7 N–H and O–H groups in total. The van der Waals surface area contributed by atoms with Crippen LogP contribution in [0.3, 0.4) is 0 Å². The normalized spacial score (nSPS) is 12.1. The van der Waals surface area contributed by atoms with Crippen LogP contribution < -0.4 is 35.5 Å². The maximum atomic E-state index is 11.7. The van der Waals surface area contributed by atoms with Gasteiger partial charge in [-0.1, -0.05) is 207 Å². The van der Waals surface area contributed by atoms with Crippen LogP contribution in [-0.4, -0.2) is 70.3 Å². The highest BCUT2D eigenvalue weighted by atomic mass is 79.9. The fourth-order valence-corrected chi connectivity index (χ4v) is 12.3. The minimum Gasteiger partial charge on any atom is -0.508 e. The number of phenolic OH excluding ortho intramolecular Hbond substituents is 1. The van der Waals surface area contributed by atoms with Gasteiger partial charge in [0.05, 0.1) is 17.2 Å². The number of nitrogens with one attached hydrogen (secondary N) is 4. The lowest BCUT2D eigenvalue weighted by molar-refractivity contribution is -0.193. The van der Waals surface area contributed by atoms with Gasteiger partial charge in [0.15, 0.2) is 0 Å². The average Bonchev–Trinajstić information content (AvgIpc) is 0.776. The molecule has 4 aliphatic heterocycles. The summed E-state index contributed by atoms with van der Waals surface area (Å²) in [7, 11) is 1.75. The molecule has 0 saturated heterocycles. The minimum absolute atomic E-state index is 0.0214. The summed E-state index contributed by atoms with van der Waals surface area (Å²) in [6.07, 6.45) is 6.81. The van der Waals surface area contributed by atoms with Crippen LogP contribution in [-0.2, 0) is 100 Å². The van der Waals surface area contributed by atoms with Gasteiger partial charge in [-0.05, 0) is 191 Å². The van der Waals surface area contributed by atoms with E-state index < -0.39 is 5.60 Å². The molecule has 10 aromatic carbocycles. The second-order valence-corrected chi connectivity index (χ2v) is 29.8. The van der Waals surface area contributed by atoms with Crippen molar-refractivity contribution in [3.63, 3.8) is 0 Å². The third-order valence-corrected chi connectivity index (χ3v) is 18.2. The van der Waals surface area contributed by atoms with Crippen LogP contribution in [0.2, 0.25) is 10.0 Å². The Bertz CT molecular complexity index is 4770. The van der Waals surface area contributed by atoms with Crippen molar-refractivity contribution >= 4 is 120 Å². The number of phenols is 1.